The van der Waals surface area contributed by atoms with Gasteiger partial charge in [0.2, 0.25) is 5.91 Å². The van der Waals surface area contributed by atoms with Crippen LogP contribution in [-0.4, -0.2) is 69.6 Å². The van der Waals surface area contributed by atoms with Gasteiger partial charge in [0.05, 0.1) is 25.3 Å². The van der Waals surface area contributed by atoms with Gasteiger partial charge in [0.25, 0.3) is 0 Å². The van der Waals surface area contributed by atoms with Crippen LogP contribution >= 0.6 is 0 Å². The molecule has 0 radical (unpaired) electrons. The first-order valence-corrected chi connectivity index (χ1v) is 9.72. The van der Waals surface area contributed by atoms with Crippen molar-refractivity contribution in [3.05, 3.63) is 36.5 Å². The van der Waals surface area contributed by atoms with E-state index in [1.807, 2.05) is 39.1 Å². The van der Waals surface area contributed by atoms with Crippen LogP contribution in [0.3, 0.4) is 0 Å². The average Bonchev–Trinajstić information content (AvgIpc) is 3.06. The molecule has 2 N–H and O–H groups in total. The molecule has 1 aliphatic rings. The lowest BCUT2D eigenvalue weighted by atomic mass is 10.0. The zero-order valence-electron chi connectivity index (χ0n) is 17.5. The molecule has 0 spiro atoms. The van der Waals surface area contributed by atoms with Crippen molar-refractivity contribution in [3.8, 4) is 0 Å². The predicted octanol–water partition coefficient (Wildman–Crippen LogP) is 2.24. The molecule has 1 saturated heterocycles. The number of carbonyl (C=O) groups excluding carboxylic acids is 1. The monoisotopic (exact) mass is 379 g/mol. The first-order chi connectivity index (χ1) is 13.0. The van der Waals surface area contributed by atoms with Gasteiger partial charge in [0, 0.05) is 13.2 Å². The number of nitrogens with zero attached hydrogens (tertiary/aromatic N) is 1. The second-order valence-corrected chi connectivity index (χ2v) is 7.01. The minimum atomic E-state index is -0.272. The highest BCUT2D eigenvalue weighted by Gasteiger charge is 2.31. The number of likely N-dealkylation sites (tertiary alicyclic amines) is 1. The van der Waals surface area contributed by atoms with E-state index in [1.165, 1.54) is 0 Å². The van der Waals surface area contributed by atoms with E-state index in [9.17, 15) is 4.79 Å². The van der Waals surface area contributed by atoms with E-state index in [2.05, 4.69) is 29.2 Å². The second kappa shape index (κ2) is 12.8. The van der Waals surface area contributed by atoms with Gasteiger partial charge < -0.3 is 19.7 Å². The zero-order valence-corrected chi connectivity index (χ0v) is 17.5. The summed E-state index contributed by atoms with van der Waals surface area (Å²) in [6.07, 6.45) is 9.78. The SMILES string of the molecule is C=C/C=C(\C=C/C)C(OCNC)[C@@H](C)NC(=O)CC(OC)C1CCCN1C. The lowest BCUT2D eigenvalue weighted by Gasteiger charge is -2.29. The van der Waals surface area contributed by atoms with Crippen LogP contribution < -0.4 is 10.6 Å². The summed E-state index contributed by atoms with van der Waals surface area (Å²) < 4.78 is 11.6. The molecule has 0 saturated carbocycles. The Hall–Kier alpha value is -1.47. The zero-order chi connectivity index (χ0) is 20.2. The van der Waals surface area contributed by atoms with Crippen LogP contribution in [0.2, 0.25) is 0 Å². The van der Waals surface area contributed by atoms with Gasteiger partial charge in [-0.15, -0.1) is 0 Å². The van der Waals surface area contributed by atoms with Gasteiger partial charge in [-0.3, -0.25) is 10.1 Å². The maximum Gasteiger partial charge on any atom is 0.222 e. The highest BCUT2D eigenvalue weighted by atomic mass is 16.5. The number of ether oxygens (including phenoxy) is 2. The molecule has 0 bridgehead atoms. The van der Waals surface area contributed by atoms with Crippen LogP contribution in [0.15, 0.2) is 36.5 Å². The molecule has 1 rings (SSSR count). The molecule has 1 amide bonds. The van der Waals surface area contributed by atoms with Crippen molar-refractivity contribution in [2.24, 2.45) is 0 Å². The molecule has 0 aromatic carbocycles. The highest BCUT2D eigenvalue weighted by Crippen LogP contribution is 2.22. The number of hydrogen-bond acceptors (Lipinski definition) is 5. The van der Waals surface area contributed by atoms with Crippen molar-refractivity contribution >= 4 is 5.91 Å². The lowest BCUT2D eigenvalue weighted by Crippen LogP contribution is -2.47. The fraction of sp³-hybridized carbons (Fsp3) is 0.667. The fourth-order valence-corrected chi connectivity index (χ4v) is 3.63. The molecule has 0 aromatic heterocycles. The molecular formula is C21H37N3O3. The molecule has 1 aliphatic heterocycles. The molecular weight excluding hydrogens is 342 g/mol. The maximum absolute atomic E-state index is 12.7. The molecule has 0 aromatic rings. The van der Waals surface area contributed by atoms with Gasteiger partial charge in [0.15, 0.2) is 0 Å². The van der Waals surface area contributed by atoms with Crippen LogP contribution in [0.1, 0.15) is 33.1 Å². The summed E-state index contributed by atoms with van der Waals surface area (Å²) in [5, 5.41) is 6.08. The summed E-state index contributed by atoms with van der Waals surface area (Å²) in [5.74, 6) is -0.0221. The van der Waals surface area contributed by atoms with E-state index in [0.717, 1.165) is 25.0 Å². The fourth-order valence-electron chi connectivity index (χ4n) is 3.63. The second-order valence-electron chi connectivity index (χ2n) is 7.01. The van der Waals surface area contributed by atoms with Gasteiger partial charge in [0.1, 0.15) is 6.10 Å². The number of likely N-dealkylation sites (N-methyl/N-ethyl adjacent to an activating group) is 1. The summed E-state index contributed by atoms with van der Waals surface area (Å²) in [6.45, 7) is 9.14. The van der Waals surface area contributed by atoms with Gasteiger partial charge in [-0.25, -0.2) is 0 Å². The Balaban J connectivity index is 2.77. The van der Waals surface area contributed by atoms with E-state index in [4.69, 9.17) is 9.47 Å². The van der Waals surface area contributed by atoms with Crippen molar-refractivity contribution in [1.29, 1.82) is 0 Å². The highest BCUT2D eigenvalue weighted by molar-refractivity contribution is 5.77. The average molecular weight is 380 g/mol. The number of rotatable bonds is 12. The van der Waals surface area contributed by atoms with E-state index in [0.29, 0.717) is 19.2 Å². The molecule has 1 heterocycles. The smallest absolute Gasteiger partial charge is 0.222 e. The van der Waals surface area contributed by atoms with E-state index in [-0.39, 0.29) is 24.2 Å². The summed E-state index contributed by atoms with van der Waals surface area (Å²) in [5.41, 5.74) is 0.967. The van der Waals surface area contributed by atoms with Crippen LogP contribution in [0.5, 0.6) is 0 Å². The van der Waals surface area contributed by atoms with Crippen molar-refractivity contribution in [2.75, 3.05) is 34.5 Å². The minimum absolute atomic E-state index is 0.0221. The predicted molar refractivity (Wildman–Crippen MR) is 111 cm³/mol. The first-order valence-electron chi connectivity index (χ1n) is 9.72. The van der Waals surface area contributed by atoms with Crippen LogP contribution in [-0.2, 0) is 14.3 Å². The van der Waals surface area contributed by atoms with Crippen LogP contribution in [0, 0.1) is 0 Å². The quantitative estimate of drug-likeness (QED) is 0.402. The largest absolute Gasteiger partial charge is 0.379 e. The van der Waals surface area contributed by atoms with Gasteiger partial charge in [-0.2, -0.15) is 0 Å². The Labute approximate surface area is 164 Å². The number of carbonyl (C=O) groups is 1. The number of hydrogen-bond donors (Lipinski definition) is 2. The molecule has 27 heavy (non-hydrogen) atoms. The Morgan fingerprint density at radius 2 is 2.19 bits per heavy atom. The number of amides is 1. The Bertz CT molecular complexity index is 519. The third kappa shape index (κ3) is 7.58. The summed E-state index contributed by atoms with van der Waals surface area (Å²) >= 11 is 0. The lowest BCUT2D eigenvalue weighted by molar-refractivity contribution is -0.126. The molecule has 154 valence electrons. The minimum Gasteiger partial charge on any atom is -0.379 e. The van der Waals surface area contributed by atoms with Crippen molar-refractivity contribution < 1.29 is 14.3 Å². The molecule has 6 heteroatoms. The van der Waals surface area contributed by atoms with Crippen molar-refractivity contribution in [1.82, 2.24) is 15.5 Å². The third-order valence-corrected chi connectivity index (χ3v) is 4.94. The Kier molecular flexibility index (Phi) is 11.2. The van der Waals surface area contributed by atoms with Crippen LogP contribution in [0.25, 0.3) is 0 Å². The van der Waals surface area contributed by atoms with E-state index in [1.54, 1.807) is 13.2 Å². The number of nitrogens with one attached hydrogen (secondary N) is 2. The summed E-state index contributed by atoms with van der Waals surface area (Å²) in [4.78, 5) is 14.9. The molecule has 0 aliphatic carbocycles. The van der Waals surface area contributed by atoms with Crippen LogP contribution in [0.4, 0.5) is 0 Å². The van der Waals surface area contributed by atoms with Gasteiger partial charge in [-0.05, 0) is 52.9 Å². The number of methoxy groups -OCH3 is 1. The normalized spacial score (nSPS) is 22.0. The Morgan fingerprint density at radius 3 is 2.70 bits per heavy atom. The van der Waals surface area contributed by atoms with Gasteiger partial charge in [-0.1, -0.05) is 30.9 Å². The Morgan fingerprint density at radius 1 is 1.44 bits per heavy atom. The van der Waals surface area contributed by atoms with E-state index >= 15 is 0 Å². The summed E-state index contributed by atoms with van der Waals surface area (Å²) in [6, 6.07) is 0.110. The molecule has 1 fully saturated rings. The topological polar surface area (TPSA) is 62.8 Å². The summed E-state index contributed by atoms with van der Waals surface area (Å²) in [7, 11) is 5.60. The van der Waals surface area contributed by atoms with Gasteiger partial charge >= 0.3 is 0 Å². The molecule has 6 nitrogen and oxygen atoms in total. The molecule has 4 atom stereocenters. The third-order valence-electron chi connectivity index (χ3n) is 4.94. The van der Waals surface area contributed by atoms with Crippen molar-refractivity contribution in [3.63, 3.8) is 0 Å². The first kappa shape index (κ1) is 23.6. The van der Waals surface area contributed by atoms with Crippen molar-refractivity contribution in [2.45, 2.75) is 57.4 Å². The number of allylic oxidation sites excluding steroid dienone is 3. The maximum atomic E-state index is 12.7. The standard InChI is InChI=1S/C21H37N3O3/c1-7-10-17(11-8-2)21(27-15-22-4)16(3)23-20(25)14-19(26-6)18-12-9-13-24(18)5/h7-8,10-11,16,18-19,21-22H,1,9,12-15H2,2-6H3,(H,23,25)/b11-8-,17-10+/t16-,18?,19?,21?/m1/s1. The van der Waals surface area contributed by atoms with E-state index < -0.39 is 0 Å². The molecule has 3 unspecified atom stereocenters.